The highest BCUT2D eigenvalue weighted by Crippen LogP contribution is 2.42. The van der Waals surface area contributed by atoms with Crippen LogP contribution in [0.3, 0.4) is 0 Å². The Hall–Kier alpha value is -1.14. The van der Waals surface area contributed by atoms with E-state index in [9.17, 15) is 14.4 Å². The molecule has 3 aliphatic rings. The van der Waals surface area contributed by atoms with Crippen LogP contribution in [0.4, 0.5) is 0 Å². The topological polar surface area (TPSA) is 92.5 Å². The van der Waals surface area contributed by atoms with Crippen molar-refractivity contribution < 1.29 is 14.4 Å². The number of nitrogens with zero attached hydrogens (tertiary/aromatic N) is 1. The van der Waals surface area contributed by atoms with Gasteiger partial charge in [0, 0.05) is 18.0 Å². The van der Waals surface area contributed by atoms with Crippen LogP contribution in [-0.2, 0) is 14.4 Å². The predicted molar refractivity (Wildman–Crippen MR) is 92.3 cm³/mol. The van der Waals surface area contributed by atoms with Gasteiger partial charge in [-0.05, 0) is 51.4 Å². The van der Waals surface area contributed by atoms with E-state index < -0.39 is 6.04 Å². The standard InChI is InChI=1S/C17H27N3O3.ClH/c1-9(2)20-14(21)8-13(17(20)23)19-16(22)12-6-10-4-3-5-11(7-12)15(10)18;/h9-13,15H,3-8,18H2,1-2H3,(H,19,22);1H. The van der Waals surface area contributed by atoms with Gasteiger partial charge in [-0.1, -0.05) is 6.42 Å². The van der Waals surface area contributed by atoms with Crippen LogP contribution in [-0.4, -0.2) is 40.7 Å². The van der Waals surface area contributed by atoms with Crippen LogP contribution < -0.4 is 11.1 Å². The third kappa shape index (κ3) is 3.45. The summed E-state index contributed by atoms with van der Waals surface area (Å²) in [5.74, 6) is 0.230. The van der Waals surface area contributed by atoms with Gasteiger partial charge in [0.05, 0.1) is 6.42 Å². The van der Waals surface area contributed by atoms with Gasteiger partial charge in [0.15, 0.2) is 0 Å². The highest BCUT2D eigenvalue weighted by atomic mass is 35.5. The number of hydrogen-bond donors (Lipinski definition) is 2. The van der Waals surface area contributed by atoms with Gasteiger partial charge in [-0.15, -0.1) is 12.4 Å². The lowest BCUT2D eigenvalue weighted by Crippen LogP contribution is -2.51. The molecular weight excluding hydrogens is 330 g/mol. The third-order valence-electron chi connectivity index (χ3n) is 5.80. The first-order chi connectivity index (χ1) is 10.9. The van der Waals surface area contributed by atoms with Crippen molar-refractivity contribution in [2.24, 2.45) is 23.5 Å². The summed E-state index contributed by atoms with van der Waals surface area (Å²) in [6.07, 6.45) is 5.11. The van der Waals surface area contributed by atoms with E-state index in [1.807, 2.05) is 13.8 Å². The lowest BCUT2D eigenvalue weighted by atomic mass is 9.65. The van der Waals surface area contributed by atoms with Gasteiger partial charge >= 0.3 is 0 Å². The molecule has 2 saturated carbocycles. The molecule has 6 nitrogen and oxygen atoms in total. The molecule has 136 valence electrons. The molecule has 3 rings (SSSR count). The largest absolute Gasteiger partial charge is 0.344 e. The zero-order valence-corrected chi connectivity index (χ0v) is 15.2. The van der Waals surface area contributed by atoms with E-state index in [0.29, 0.717) is 11.8 Å². The molecule has 24 heavy (non-hydrogen) atoms. The van der Waals surface area contributed by atoms with Crippen molar-refractivity contribution in [3.05, 3.63) is 0 Å². The van der Waals surface area contributed by atoms with Crippen LogP contribution in [0.1, 0.15) is 52.4 Å². The number of carbonyl (C=O) groups excluding carboxylic acids is 3. The highest BCUT2D eigenvalue weighted by Gasteiger charge is 2.44. The lowest BCUT2D eigenvalue weighted by molar-refractivity contribution is -0.142. The highest BCUT2D eigenvalue weighted by molar-refractivity contribution is 6.07. The van der Waals surface area contributed by atoms with E-state index >= 15 is 0 Å². The van der Waals surface area contributed by atoms with Crippen LogP contribution in [0.25, 0.3) is 0 Å². The number of rotatable bonds is 3. The molecule has 1 heterocycles. The second-order valence-corrected chi connectivity index (χ2v) is 7.66. The number of fused-ring (bicyclic) bond motifs is 2. The Morgan fingerprint density at radius 1 is 1.21 bits per heavy atom. The maximum Gasteiger partial charge on any atom is 0.252 e. The van der Waals surface area contributed by atoms with E-state index in [1.165, 1.54) is 11.3 Å². The molecule has 1 aliphatic heterocycles. The first kappa shape index (κ1) is 19.2. The maximum atomic E-state index is 12.6. The minimum Gasteiger partial charge on any atom is -0.344 e. The van der Waals surface area contributed by atoms with E-state index in [2.05, 4.69) is 5.32 Å². The molecule has 7 heteroatoms. The summed E-state index contributed by atoms with van der Waals surface area (Å²) in [4.78, 5) is 38.1. The van der Waals surface area contributed by atoms with Crippen LogP contribution in [0, 0.1) is 17.8 Å². The van der Waals surface area contributed by atoms with Crippen LogP contribution >= 0.6 is 12.4 Å². The fourth-order valence-corrected chi connectivity index (χ4v) is 4.60. The summed E-state index contributed by atoms with van der Waals surface area (Å²) in [6.45, 7) is 3.62. The summed E-state index contributed by atoms with van der Waals surface area (Å²) >= 11 is 0. The summed E-state index contributed by atoms with van der Waals surface area (Å²) in [5.41, 5.74) is 6.26. The van der Waals surface area contributed by atoms with Crippen LogP contribution in [0.15, 0.2) is 0 Å². The summed E-state index contributed by atoms with van der Waals surface area (Å²) in [5, 5.41) is 2.83. The molecule has 0 spiro atoms. The lowest BCUT2D eigenvalue weighted by Gasteiger charge is -2.43. The molecule has 0 aromatic carbocycles. The normalized spacial score (nSPS) is 35.8. The number of imide groups is 1. The van der Waals surface area contributed by atoms with E-state index in [0.717, 1.165) is 25.7 Å². The Morgan fingerprint density at radius 3 is 2.29 bits per heavy atom. The molecule has 2 bridgehead atoms. The number of nitrogens with one attached hydrogen (secondary N) is 1. The van der Waals surface area contributed by atoms with Gasteiger partial charge in [-0.25, -0.2) is 0 Å². The third-order valence-corrected chi connectivity index (χ3v) is 5.80. The van der Waals surface area contributed by atoms with Crippen LogP contribution in [0.2, 0.25) is 0 Å². The van der Waals surface area contributed by atoms with Gasteiger partial charge in [-0.2, -0.15) is 0 Å². The Balaban J connectivity index is 0.00000208. The average molecular weight is 358 g/mol. The fraction of sp³-hybridized carbons (Fsp3) is 0.824. The number of nitrogens with two attached hydrogens (primary N) is 1. The van der Waals surface area contributed by atoms with Gasteiger partial charge in [-0.3, -0.25) is 19.3 Å². The van der Waals surface area contributed by atoms with E-state index in [1.54, 1.807) is 0 Å². The Morgan fingerprint density at radius 2 is 1.79 bits per heavy atom. The second-order valence-electron chi connectivity index (χ2n) is 7.66. The number of carbonyl (C=O) groups is 3. The molecule has 3 N–H and O–H groups in total. The SMILES string of the molecule is CC(C)N1C(=O)CC(NC(=O)C2CC3CCCC(C2)C3N)C1=O.Cl. The molecule has 0 radical (unpaired) electrons. The van der Waals surface area contributed by atoms with Gasteiger partial charge in [0.25, 0.3) is 5.91 Å². The molecular formula is C17H28ClN3O3. The molecule has 0 aromatic heterocycles. The van der Waals surface area contributed by atoms with Crippen molar-refractivity contribution in [1.29, 1.82) is 0 Å². The predicted octanol–water partition coefficient (Wildman–Crippen LogP) is 1.21. The van der Waals surface area contributed by atoms with E-state index in [-0.39, 0.29) is 54.6 Å². The van der Waals surface area contributed by atoms with Gasteiger partial charge in [0.1, 0.15) is 6.04 Å². The molecule has 3 atom stereocenters. The number of amides is 3. The van der Waals surface area contributed by atoms with Crippen molar-refractivity contribution in [3.63, 3.8) is 0 Å². The number of likely N-dealkylation sites (tertiary alicyclic amines) is 1. The first-order valence-corrected chi connectivity index (χ1v) is 8.80. The summed E-state index contributed by atoms with van der Waals surface area (Å²) in [6, 6.07) is -0.629. The fourth-order valence-electron chi connectivity index (χ4n) is 4.60. The summed E-state index contributed by atoms with van der Waals surface area (Å²) < 4.78 is 0. The van der Waals surface area contributed by atoms with E-state index in [4.69, 9.17) is 5.73 Å². The molecule has 3 fully saturated rings. The molecule has 0 aromatic rings. The molecule has 3 amide bonds. The van der Waals surface area contributed by atoms with Gasteiger partial charge in [0.2, 0.25) is 11.8 Å². The Labute approximate surface area is 149 Å². The minimum absolute atomic E-state index is 0. The number of hydrogen-bond acceptors (Lipinski definition) is 4. The number of halogens is 1. The average Bonchev–Trinajstić information content (AvgIpc) is 2.72. The quantitative estimate of drug-likeness (QED) is 0.742. The Kier molecular flexibility index (Phi) is 5.91. The van der Waals surface area contributed by atoms with Crippen molar-refractivity contribution in [2.75, 3.05) is 0 Å². The smallest absolute Gasteiger partial charge is 0.252 e. The maximum absolute atomic E-state index is 12.6. The van der Waals surface area contributed by atoms with Crippen molar-refractivity contribution in [3.8, 4) is 0 Å². The zero-order valence-electron chi connectivity index (χ0n) is 14.4. The van der Waals surface area contributed by atoms with Gasteiger partial charge < -0.3 is 11.1 Å². The van der Waals surface area contributed by atoms with Crippen molar-refractivity contribution in [2.45, 2.75) is 70.5 Å². The molecule has 1 saturated heterocycles. The van der Waals surface area contributed by atoms with Crippen molar-refractivity contribution >= 4 is 30.1 Å². The zero-order chi connectivity index (χ0) is 16.7. The first-order valence-electron chi connectivity index (χ1n) is 8.80. The minimum atomic E-state index is -0.687. The molecule has 3 unspecified atom stereocenters. The summed E-state index contributed by atoms with van der Waals surface area (Å²) in [7, 11) is 0. The molecule has 2 aliphatic carbocycles. The van der Waals surface area contributed by atoms with Crippen molar-refractivity contribution in [1.82, 2.24) is 10.2 Å². The monoisotopic (exact) mass is 357 g/mol. The van der Waals surface area contributed by atoms with Crippen LogP contribution in [0.5, 0.6) is 0 Å². The second kappa shape index (κ2) is 7.40. The Bertz CT molecular complexity index is 511.